The summed E-state index contributed by atoms with van der Waals surface area (Å²) in [6.45, 7) is 1.85. The Morgan fingerprint density at radius 3 is 2.69 bits per heavy atom. The molecule has 0 aliphatic carbocycles. The molecule has 0 saturated carbocycles. The molecule has 29 heavy (non-hydrogen) atoms. The van der Waals surface area contributed by atoms with Crippen LogP contribution in [-0.4, -0.2) is 30.9 Å². The van der Waals surface area contributed by atoms with Gasteiger partial charge < -0.3 is 9.88 Å². The maximum atomic E-state index is 12.8. The van der Waals surface area contributed by atoms with Crippen molar-refractivity contribution < 1.29 is 4.79 Å². The molecule has 0 radical (unpaired) electrons. The van der Waals surface area contributed by atoms with Crippen molar-refractivity contribution in [2.75, 3.05) is 5.32 Å². The Labute approximate surface area is 177 Å². The highest BCUT2D eigenvalue weighted by Crippen LogP contribution is 2.28. The maximum Gasteiger partial charge on any atom is 0.237 e. The summed E-state index contributed by atoms with van der Waals surface area (Å²) in [4.78, 5) is 17.1. The predicted molar refractivity (Wildman–Crippen MR) is 117 cm³/mol. The smallest absolute Gasteiger partial charge is 0.237 e. The van der Waals surface area contributed by atoms with Crippen LogP contribution in [-0.2, 0) is 11.8 Å². The fourth-order valence-corrected chi connectivity index (χ4v) is 3.87. The van der Waals surface area contributed by atoms with Crippen LogP contribution in [0.5, 0.6) is 0 Å². The summed E-state index contributed by atoms with van der Waals surface area (Å²) in [5.41, 5.74) is 2.50. The van der Waals surface area contributed by atoms with Crippen molar-refractivity contribution in [2.45, 2.75) is 17.3 Å². The SMILES string of the molecule is CC(Sc1nnc(-c2ccc(Cl)cc2)n1C)C(=O)Nc1cccc2ncccc12. The molecule has 6 nitrogen and oxygen atoms in total. The predicted octanol–water partition coefficient (Wildman–Crippen LogP) is 4.80. The number of nitrogens with zero attached hydrogens (tertiary/aromatic N) is 4. The van der Waals surface area contributed by atoms with Gasteiger partial charge in [-0.2, -0.15) is 0 Å². The van der Waals surface area contributed by atoms with Gasteiger partial charge >= 0.3 is 0 Å². The second kappa shape index (κ2) is 8.23. The number of nitrogens with one attached hydrogen (secondary N) is 1. The lowest BCUT2D eigenvalue weighted by molar-refractivity contribution is -0.115. The molecule has 146 valence electrons. The summed E-state index contributed by atoms with van der Waals surface area (Å²) in [7, 11) is 1.88. The van der Waals surface area contributed by atoms with Crippen molar-refractivity contribution in [3.63, 3.8) is 0 Å². The first-order valence-corrected chi connectivity index (χ1v) is 10.3. The summed E-state index contributed by atoms with van der Waals surface area (Å²) < 4.78 is 1.87. The van der Waals surface area contributed by atoms with E-state index in [1.54, 1.807) is 6.20 Å². The van der Waals surface area contributed by atoms with Crippen LogP contribution in [0.2, 0.25) is 5.02 Å². The van der Waals surface area contributed by atoms with Gasteiger partial charge in [0.25, 0.3) is 0 Å². The molecule has 1 unspecified atom stereocenters. The van der Waals surface area contributed by atoms with Gasteiger partial charge in [0.15, 0.2) is 11.0 Å². The molecule has 8 heteroatoms. The lowest BCUT2D eigenvalue weighted by Crippen LogP contribution is -2.23. The minimum Gasteiger partial charge on any atom is -0.324 e. The van der Waals surface area contributed by atoms with E-state index in [1.165, 1.54) is 11.8 Å². The molecule has 4 rings (SSSR count). The Hall–Kier alpha value is -2.90. The van der Waals surface area contributed by atoms with Gasteiger partial charge in [0.05, 0.1) is 16.5 Å². The van der Waals surface area contributed by atoms with Crippen molar-refractivity contribution in [1.29, 1.82) is 0 Å². The Morgan fingerprint density at radius 2 is 1.90 bits per heavy atom. The molecule has 4 aromatic rings. The number of fused-ring (bicyclic) bond motifs is 1. The quantitative estimate of drug-likeness (QED) is 0.466. The van der Waals surface area contributed by atoms with E-state index in [-0.39, 0.29) is 11.2 Å². The molecule has 2 aromatic carbocycles. The molecule has 0 bridgehead atoms. The summed E-state index contributed by atoms with van der Waals surface area (Å²) in [6, 6.07) is 16.9. The molecule has 1 N–H and O–H groups in total. The van der Waals surface area contributed by atoms with E-state index in [2.05, 4.69) is 20.5 Å². The van der Waals surface area contributed by atoms with Gasteiger partial charge in [-0.25, -0.2) is 0 Å². The zero-order chi connectivity index (χ0) is 20.4. The van der Waals surface area contributed by atoms with Crippen molar-refractivity contribution in [1.82, 2.24) is 19.7 Å². The summed E-state index contributed by atoms with van der Waals surface area (Å²) >= 11 is 7.31. The van der Waals surface area contributed by atoms with E-state index in [4.69, 9.17) is 11.6 Å². The highest BCUT2D eigenvalue weighted by molar-refractivity contribution is 8.00. The van der Waals surface area contributed by atoms with Gasteiger partial charge in [-0.05, 0) is 55.5 Å². The van der Waals surface area contributed by atoms with Gasteiger partial charge in [-0.15, -0.1) is 10.2 Å². The van der Waals surface area contributed by atoms with E-state index in [1.807, 2.05) is 73.1 Å². The molecule has 0 saturated heterocycles. The van der Waals surface area contributed by atoms with Gasteiger partial charge in [-0.3, -0.25) is 9.78 Å². The van der Waals surface area contributed by atoms with Crippen molar-refractivity contribution in [3.8, 4) is 11.4 Å². The summed E-state index contributed by atoms with van der Waals surface area (Å²) in [5.74, 6) is 0.610. The van der Waals surface area contributed by atoms with Crippen LogP contribution in [0.3, 0.4) is 0 Å². The number of carbonyl (C=O) groups excluding carboxylic acids is 1. The van der Waals surface area contributed by atoms with Gasteiger partial charge in [0.1, 0.15) is 0 Å². The maximum absolute atomic E-state index is 12.8. The van der Waals surface area contributed by atoms with Gasteiger partial charge in [0.2, 0.25) is 5.91 Å². The van der Waals surface area contributed by atoms with Crippen molar-refractivity contribution in [2.24, 2.45) is 7.05 Å². The average Bonchev–Trinajstić information content (AvgIpc) is 3.09. The number of anilines is 1. The number of halogens is 1. The minimum absolute atomic E-state index is 0.109. The Kier molecular flexibility index (Phi) is 5.51. The van der Waals surface area contributed by atoms with E-state index >= 15 is 0 Å². The average molecular weight is 424 g/mol. The number of hydrogen-bond acceptors (Lipinski definition) is 5. The zero-order valence-electron chi connectivity index (χ0n) is 15.8. The molecule has 0 spiro atoms. The summed E-state index contributed by atoms with van der Waals surface area (Å²) in [5, 5.41) is 13.4. The Morgan fingerprint density at radius 1 is 1.10 bits per heavy atom. The fourth-order valence-electron chi connectivity index (χ4n) is 2.93. The van der Waals surface area contributed by atoms with E-state index < -0.39 is 0 Å². The zero-order valence-corrected chi connectivity index (χ0v) is 17.4. The lowest BCUT2D eigenvalue weighted by Gasteiger charge is -2.13. The van der Waals surface area contributed by atoms with E-state index in [0.717, 1.165) is 28.0 Å². The number of amides is 1. The first-order chi connectivity index (χ1) is 14.0. The molecule has 2 heterocycles. The fraction of sp³-hybridized carbons (Fsp3) is 0.143. The minimum atomic E-state index is -0.358. The number of pyridine rings is 1. The summed E-state index contributed by atoms with van der Waals surface area (Å²) in [6.07, 6.45) is 1.73. The largest absolute Gasteiger partial charge is 0.324 e. The van der Waals surface area contributed by atoms with E-state index in [0.29, 0.717) is 10.2 Å². The number of rotatable bonds is 5. The number of benzene rings is 2. The molecular formula is C21H18ClN5OS. The first-order valence-electron chi connectivity index (χ1n) is 8.99. The van der Waals surface area contributed by atoms with Crippen LogP contribution in [0.15, 0.2) is 66.0 Å². The van der Waals surface area contributed by atoms with Crippen LogP contribution >= 0.6 is 23.4 Å². The molecule has 1 amide bonds. The second-order valence-corrected chi connectivity index (χ2v) is 8.24. The van der Waals surface area contributed by atoms with Crippen molar-refractivity contribution in [3.05, 3.63) is 65.8 Å². The van der Waals surface area contributed by atoms with Crippen LogP contribution in [0.25, 0.3) is 22.3 Å². The highest BCUT2D eigenvalue weighted by atomic mass is 35.5. The Bertz CT molecular complexity index is 1170. The number of hydrogen-bond donors (Lipinski definition) is 1. The molecule has 0 aliphatic rings. The third-order valence-corrected chi connectivity index (χ3v) is 5.88. The van der Waals surface area contributed by atoms with Gasteiger partial charge in [0, 0.05) is 29.2 Å². The van der Waals surface area contributed by atoms with Crippen LogP contribution in [0.1, 0.15) is 6.92 Å². The van der Waals surface area contributed by atoms with Crippen LogP contribution in [0.4, 0.5) is 5.69 Å². The molecule has 2 aromatic heterocycles. The topological polar surface area (TPSA) is 72.7 Å². The number of carbonyl (C=O) groups is 1. The Balaban J connectivity index is 1.50. The van der Waals surface area contributed by atoms with Crippen LogP contribution in [0, 0.1) is 0 Å². The monoisotopic (exact) mass is 423 g/mol. The molecule has 0 aliphatic heterocycles. The molecule has 1 atom stereocenters. The third-order valence-electron chi connectivity index (χ3n) is 4.49. The molecule has 0 fully saturated rings. The number of thioether (sulfide) groups is 1. The van der Waals surface area contributed by atoms with Gasteiger partial charge in [-0.1, -0.05) is 29.4 Å². The number of aromatic nitrogens is 4. The normalized spacial score (nSPS) is 12.1. The third kappa shape index (κ3) is 4.11. The second-order valence-electron chi connectivity index (χ2n) is 6.50. The van der Waals surface area contributed by atoms with Crippen LogP contribution < -0.4 is 5.32 Å². The van der Waals surface area contributed by atoms with E-state index in [9.17, 15) is 4.79 Å². The lowest BCUT2D eigenvalue weighted by atomic mass is 10.2. The molecular weight excluding hydrogens is 406 g/mol. The first kappa shape index (κ1) is 19.4. The van der Waals surface area contributed by atoms with Crippen molar-refractivity contribution >= 4 is 45.9 Å². The highest BCUT2D eigenvalue weighted by Gasteiger charge is 2.20. The standard InChI is InChI=1S/C21H18ClN5OS/c1-13(20(28)24-18-7-3-6-17-16(18)5-4-12-23-17)29-21-26-25-19(27(21)2)14-8-10-15(22)11-9-14/h3-13H,1-2H3,(H,24,28).